The van der Waals surface area contributed by atoms with Crippen molar-refractivity contribution in [1.82, 2.24) is 0 Å². The van der Waals surface area contributed by atoms with Crippen molar-refractivity contribution >= 4 is 79.2 Å². The molecule has 0 aromatic carbocycles. The second-order valence-electron chi connectivity index (χ2n) is 13.1. The van der Waals surface area contributed by atoms with Crippen LogP contribution in [0, 0.1) is 0 Å². The summed E-state index contributed by atoms with van der Waals surface area (Å²) in [5, 5.41) is 0.231. The average molecular weight is 864 g/mol. The molecule has 0 radical (unpaired) electrons. The first kappa shape index (κ1) is 59.5. The summed E-state index contributed by atoms with van der Waals surface area (Å²) in [5.74, 6) is 0. The van der Waals surface area contributed by atoms with E-state index < -0.39 is 79.2 Å². The van der Waals surface area contributed by atoms with E-state index in [0.29, 0.717) is 0 Å². The molecule has 302 valence electrons. The van der Waals surface area contributed by atoms with E-state index >= 15 is 0 Å². The summed E-state index contributed by atoms with van der Waals surface area (Å²) >= 11 is 0. The molecule has 21 heteroatoms. The van der Waals surface area contributed by atoms with Gasteiger partial charge >= 0.3 is 26.4 Å². The van der Waals surface area contributed by atoms with Crippen LogP contribution in [-0.2, 0) is 52.2 Å². The van der Waals surface area contributed by atoms with E-state index in [1.165, 1.54) is 0 Å². The van der Waals surface area contributed by atoms with Crippen LogP contribution >= 0.6 is 0 Å². The van der Waals surface area contributed by atoms with Crippen molar-refractivity contribution in [3.63, 3.8) is 0 Å². The van der Waals surface area contributed by atoms with Crippen molar-refractivity contribution < 1.29 is 52.2 Å². The molecule has 0 heterocycles. The van der Waals surface area contributed by atoms with Gasteiger partial charge in [-0.1, -0.05) is 20.9 Å². The van der Waals surface area contributed by atoms with E-state index in [9.17, 15) is 0 Å². The molecule has 12 nitrogen and oxygen atoms in total. The largest absolute Gasteiger partial charge is 0.528 e. The highest BCUT2D eigenvalue weighted by Crippen LogP contribution is 2.34. The third kappa shape index (κ3) is 26.6. The van der Waals surface area contributed by atoms with Crippen molar-refractivity contribution in [2.75, 3.05) is 64.0 Å². The van der Waals surface area contributed by atoms with Crippen LogP contribution in [0.25, 0.3) is 0 Å². The first-order valence-corrected chi connectivity index (χ1v) is 39.3. The van der Waals surface area contributed by atoms with Gasteiger partial charge < -0.3 is 52.2 Å². The minimum absolute atomic E-state index is 0. The smallest absolute Gasteiger partial charge is 0.461 e. The minimum Gasteiger partial charge on any atom is -0.461 e. The first-order valence-electron chi connectivity index (χ1n) is 16.5. The maximum atomic E-state index is 6.18. The van der Waals surface area contributed by atoms with Crippen molar-refractivity contribution in [2.24, 2.45) is 0 Å². The number of hydrogen-bond acceptors (Lipinski definition) is 12. The number of rotatable bonds is 21. The van der Waals surface area contributed by atoms with Gasteiger partial charge in [0.25, 0.3) is 0 Å². The lowest BCUT2D eigenvalue weighted by molar-refractivity contribution is 0.119. The number of hydrogen-bond donors (Lipinski definition) is 0. The Morgan fingerprint density at radius 3 is 1.06 bits per heavy atom. The zero-order valence-electron chi connectivity index (χ0n) is 35.0. The molecule has 0 aromatic heterocycles. The second kappa shape index (κ2) is 30.5. The van der Waals surface area contributed by atoms with Crippen LogP contribution in [0.4, 0.5) is 0 Å². The molecule has 0 fully saturated rings. The lowest BCUT2D eigenvalue weighted by Gasteiger charge is -2.39. The third-order valence-corrected chi connectivity index (χ3v) is 35.1. The van der Waals surface area contributed by atoms with Crippen LogP contribution in [0.15, 0.2) is 12.3 Å². The molecule has 0 bridgehead atoms. The van der Waals surface area contributed by atoms with Crippen LogP contribution in [0.3, 0.4) is 0 Å². The van der Waals surface area contributed by atoms with Crippen molar-refractivity contribution in [3.8, 4) is 0 Å². The van der Waals surface area contributed by atoms with Gasteiger partial charge in [0.15, 0.2) is 52.8 Å². The summed E-state index contributed by atoms with van der Waals surface area (Å²) in [5.41, 5.74) is 1.58. The van der Waals surface area contributed by atoms with Crippen LogP contribution < -0.4 is 0 Å². The van der Waals surface area contributed by atoms with Crippen LogP contribution in [0.2, 0.25) is 95.8 Å². The summed E-state index contributed by atoms with van der Waals surface area (Å²) in [6.07, 6.45) is 0. The molecule has 1 atom stereocenters. The highest BCUT2D eigenvalue weighted by atomic mass is 28.5. The van der Waals surface area contributed by atoms with E-state index in [0.717, 1.165) is 12.1 Å². The molecular weight excluding hydrogens is 781 g/mol. The molecule has 0 aliphatic rings. The van der Waals surface area contributed by atoms with E-state index in [-0.39, 0.29) is 12.6 Å². The normalized spacial score (nSPS) is 13.2. The highest BCUT2D eigenvalue weighted by molar-refractivity contribution is 6.90. The Bertz CT molecular complexity index is 740. The van der Waals surface area contributed by atoms with Gasteiger partial charge in [-0.3, -0.25) is 0 Å². The van der Waals surface area contributed by atoms with Gasteiger partial charge in [-0.2, -0.15) is 0 Å². The zero-order chi connectivity index (χ0) is 39.0. The van der Waals surface area contributed by atoms with Crippen molar-refractivity contribution in [2.45, 2.75) is 110 Å². The molecule has 0 saturated heterocycles. The average Bonchev–Trinajstić information content (AvgIpc) is 3.00. The topological polar surface area (TPSA) is 111 Å². The Kier molecular flexibility index (Phi) is 37.1. The van der Waals surface area contributed by atoms with E-state index in [1.807, 2.05) is 0 Å². The lowest BCUT2D eigenvalue weighted by atomic mass is 10.9. The predicted molar refractivity (Wildman–Crippen MR) is 230 cm³/mol. The van der Waals surface area contributed by atoms with Gasteiger partial charge in [0.1, 0.15) is 0 Å². The summed E-state index contributed by atoms with van der Waals surface area (Å²) in [6.45, 7) is 32.3. The van der Waals surface area contributed by atoms with E-state index in [2.05, 4.69) is 92.1 Å². The quantitative estimate of drug-likeness (QED) is 0.122. The monoisotopic (exact) mass is 862 g/mol. The Hall–Kier alpha value is 1.21. The molecule has 0 amide bonds. The summed E-state index contributed by atoms with van der Waals surface area (Å²) in [7, 11) is 0.469. The van der Waals surface area contributed by atoms with Crippen LogP contribution in [0.5, 0.6) is 0 Å². The minimum atomic E-state index is -2.56. The van der Waals surface area contributed by atoms with Crippen LogP contribution in [-0.4, -0.2) is 143 Å². The predicted octanol–water partition coefficient (Wildman–Crippen LogP) is 6.26. The lowest BCUT2D eigenvalue weighted by Crippen LogP contribution is -2.57. The fourth-order valence-electron chi connectivity index (χ4n) is 4.67. The molecule has 0 N–H and O–H groups in total. The Labute approximate surface area is 316 Å². The van der Waals surface area contributed by atoms with Crippen molar-refractivity contribution in [1.29, 1.82) is 0 Å². The second-order valence-corrected chi connectivity index (χ2v) is 42.3. The Balaban J connectivity index is -0.000000184. The fraction of sp³-hybridized carbons (Fsp3) is 0.929. The SMILES string of the molecule is C.C=C[Si](OC)(OC)OC.CO[Si](CC[Si](C)(C)O[SiH](C)C)(OC)OC.CO[Si](OC)(OC)C(C)[Si](C)(C)O[SiH](C)C.C[SiH](C)O[SiH](C)C. The zero-order valence-corrected chi connectivity index (χ0v) is 44.6. The van der Waals surface area contributed by atoms with Gasteiger partial charge in [0.05, 0.1) is 0 Å². The van der Waals surface area contributed by atoms with Gasteiger partial charge in [0.2, 0.25) is 0 Å². The molecule has 0 aromatic rings. The van der Waals surface area contributed by atoms with Gasteiger partial charge in [-0.15, -0.1) is 0 Å². The maximum absolute atomic E-state index is 6.18. The molecule has 0 rings (SSSR count). The molecule has 1 unspecified atom stereocenters. The summed E-state index contributed by atoms with van der Waals surface area (Å²) in [6, 6.07) is 1.87. The fourth-order valence-corrected chi connectivity index (χ4v) is 32.7. The molecule has 0 aliphatic carbocycles. The van der Waals surface area contributed by atoms with Gasteiger partial charge in [-0.25, -0.2) is 0 Å². The summed E-state index contributed by atoms with van der Waals surface area (Å²) in [4.78, 5) is 0. The molecule has 0 aliphatic heterocycles. The van der Waals surface area contributed by atoms with Crippen LogP contribution in [0.1, 0.15) is 14.4 Å². The van der Waals surface area contributed by atoms with E-state index in [1.54, 1.807) is 69.7 Å². The third-order valence-electron chi connectivity index (χ3n) is 7.14. The Morgan fingerprint density at radius 1 is 0.531 bits per heavy atom. The maximum Gasteiger partial charge on any atom is 0.528 e. The molecular formula is C28H82O12Si9. The Morgan fingerprint density at radius 2 is 0.878 bits per heavy atom. The molecule has 0 saturated carbocycles. The van der Waals surface area contributed by atoms with E-state index in [4.69, 9.17) is 52.2 Å². The van der Waals surface area contributed by atoms with Gasteiger partial charge in [0, 0.05) is 75.2 Å². The molecule has 0 spiro atoms. The standard InChI is InChI=1S/2C9H26O4Si3.C5H12O3Si.C4H14OSi2.CH4/c1-10-16(11-2,12-3)9-8-15(6,7)13-14(4)5;1-9(15(7,8)13-14(5)6)16(10-2,11-3)12-4;1-5-9(6-2,7-3)8-4;1-6(2)5-7(3)4;/h14H,8-9H2,1-7H3;9,14H,1-8H3;5H,1H2,2-4H3;6-7H,1-4H3;1H4. The van der Waals surface area contributed by atoms with Gasteiger partial charge in [-0.05, 0) is 90.3 Å². The molecule has 49 heavy (non-hydrogen) atoms. The summed E-state index contributed by atoms with van der Waals surface area (Å²) < 4.78 is 65.5. The van der Waals surface area contributed by atoms with Crippen molar-refractivity contribution in [3.05, 3.63) is 12.3 Å². The highest BCUT2D eigenvalue weighted by Gasteiger charge is 2.53. The first-order chi connectivity index (χ1) is 21.9.